The molecule has 0 aromatic carbocycles. The van der Waals surface area contributed by atoms with Crippen LogP contribution in [-0.4, -0.2) is 35.1 Å². The van der Waals surface area contributed by atoms with E-state index in [1.165, 1.54) is 6.42 Å². The second-order valence-electron chi connectivity index (χ2n) is 3.63. The van der Waals surface area contributed by atoms with E-state index in [4.69, 9.17) is 11.5 Å². The van der Waals surface area contributed by atoms with Crippen LogP contribution in [0.4, 0.5) is 0 Å². The first-order valence-corrected chi connectivity index (χ1v) is 5.13. The SMILES string of the molecule is C#CCC(=O)N(CCCO)C1CCC1. The van der Waals surface area contributed by atoms with Crippen molar-refractivity contribution in [1.29, 1.82) is 0 Å². The topological polar surface area (TPSA) is 40.5 Å². The summed E-state index contributed by atoms with van der Waals surface area (Å²) in [5.41, 5.74) is 0. The first kappa shape index (κ1) is 11.1. The molecule has 1 rings (SSSR count). The van der Waals surface area contributed by atoms with Crippen LogP contribution < -0.4 is 0 Å². The van der Waals surface area contributed by atoms with Crippen molar-refractivity contribution in [3.05, 3.63) is 0 Å². The summed E-state index contributed by atoms with van der Waals surface area (Å²) >= 11 is 0. The molecule has 1 N–H and O–H groups in total. The lowest BCUT2D eigenvalue weighted by Gasteiger charge is -2.37. The summed E-state index contributed by atoms with van der Waals surface area (Å²) in [6, 6.07) is 0.377. The molecule has 1 aliphatic carbocycles. The zero-order valence-corrected chi connectivity index (χ0v) is 8.41. The van der Waals surface area contributed by atoms with E-state index in [2.05, 4.69) is 5.92 Å². The lowest BCUT2D eigenvalue weighted by molar-refractivity contribution is -0.134. The first-order chi connectivity index (χ1) is 6.79. The van der Waals surface area contributed by atoms with Crippen molar-refractivity contribution in [2.45, 2.75) is 38.1 Å². The van der Waals surface area contributed by atoms with Gasteiger partial charge in [-0.3, -0.25) is 4.79 Å². The monoisotopic (exact) mass is 195 g/mol. The molecule has 0 aromatic rings. The number of aliphatic hydroxyl groups excluding tert-OH is 1. The second-order valence-corrected chi connectivity index (χ2v) is 3.63. The van der Waals surface area contributed by atoms with E-state index in [0.717, 1.165) is 12.8 Å². The van der Waals surface area contributed by atoms with Crippen LogP contribution in [0.1, 0.15) is 32.1 Å². The maximum Gasteiger partial charge on any atom is 0.234 e. The Labute approximate surface area is 85.1 Å². The molecule has 0 unspecified atom stereocenters. The van der Waals surface area contributed by atoms with Gasteiger partial charge in [-0.1, -0.05) is 5.92 Å². The Kier molecular flexibility index (Phi) is 4.48. The zero-order valence-electron chi connectivity index (χ0n) is 8.41. The van der Waals surface area contributed by atoms with Crippen LogP contribution in [0.5, 0.6) is 0 Å². The van der Waals surface area contributed by atoms with Gasteiger partial charge in [0.1, 0.15) is 0 Å². The Balaban J connectivity index is 2.43. The number of hydrogen-bond donors (Lipinski definition) is 1. The molecular formula is C11H17NO2. The van der Waals surface area contributed by atoms with Crippen molar-refractivity contribution < 1.29 is 9.90 Å². The van der Waals surface area contributed by atoms with Gasteiger partial charge < -0.3 is 10.0 Å². The molecule has 1 saturated carbocycles. The van der Waals surface area contributed by atoms with Crippen LogP contribution in [0.2, 0.25) is 0 Å². The molecule has 0 aliphatic heterocycles. The van der Waals surface area contributed by atoms with Crippen LogP contribution in [0.3, 0.4) is 0 Å². The van der Waals surface area contributed by atoms with E-state index in [1.54, 1.807) is 0 Å². The fourth-order valence-corrected chi connectivity index (χ4v) is 1.64. The Morgan fingerprint density at radius 3 is 2.71 bits per heavy atom. The van der Waals surface area contributed by atoms with E-state index in [0.29, 0.717) is 19.0 Å². The quantitative estimate of drug-likeness (QED) is 0.658. The molecule has 0 saturated heterocycles. The van der Waals surface area contributed by atoms with E-state index < -0.39 is 0 Å². The molecule has 1 amide bonds. The molecular weight excluding hydrogens is 178 g/mol. The van der Waals surface area contributed by atoms with Crippen LogP contribution in [0, 0.1) is 12.3 Å². The highest BCUT2D eigenvalue weighted by molar-refractivity contribution is 5.79. The normalized spacial score (nSPS) is 15.7. The van der Waals surface area contributed by atoms with E-state index in [1.807, 2.05) is 4.90 Å². The molecule has 0 bridgehead atoms. The summed E-state index contributed by atoms with van der Waals surface area (Å²) in [5.74, 6) is 2.41. The third-order valence-corrected chi connectivity index (χ3v) is 2.65. The van der Waals surface area contributed by atoms with Crippen molar-refractivity contribution in [2.24, 2.45) is 0 Å². The maximum atomic E-state index is 11.6. The van der Waals surface area contributed by atoms with E-state index >= 15 is 0 Å². The summed E-state index contributed by atoms with van der Waals surface area (Å²) in [4.78, 5) is 13.4. The number of carbonyl (C=O) groups excluding carboxylic acids is 1. The minimum Gasteiger partial charge on any atom is -0.396 e. The molecule has 0 atom stereocenters. The van der Waals surface area contributed by atoms with E-state index in [9.17, 15) is 4.79 Å². The number of rotatable bonds is 5. The average molecular weight is 195 g/mol. The fourth-order valence-electron chi connectivity index (χ4n) is 1.64. The van der Waals surface area contributed by atoms with Gasteiger partial charge >= 0.3 is 0 Å². The standard InChI is InChI=1S/C11H17NO2/c1-2-5-11(14)12(8-4-9-13)10-6-3-7-10/h1,10,13H,3-9H2. The molecule has 0 radical (unpaired) electrons. The van der Waals surface area contributed by atoms with Gasteiger partial charge in [-0.2, -0.15) is 0 Å². The Morgan fingerprint density at radius 1 is 1.57 bits per heavy atom. The minimum absolute atomic E-state index is 0.0330. The molecule has 0 heterocycles. The summed E-state index contributed by atoms with van der Waals surface area (Å²) in [7, 11) is 0. The predicted molar refractivity (Wildman–Crippen MR) is 54.5 cm³/mol. The fraction of sp³-hybridized carbons (Fsp3) is 0.727. The number of carbonyl (C=O) groups is 1. The minimum atomic E-state index is 0.0330. The summed E-state index contributed by atoms with van der Waals surface area (Å²) in [6.45, 7) is 0.772. The third-order valence-electron chi connectivity index (χ3n) is 2.65. The van der Waals surface area contributed by atoms with Crippen molar-refractivity contribution in [3.8, 4) is 12.3 Å². The molecule has 0 aromatic heterocycles. The van der Waals surface area contributed by atoms with Crippen molar-refractivity contribution in [2.75, 3.05) is 13.2 Å². The molecule has 1 aliphatic rings. The van der Waals surface area contributed by atoms with Gasteiger partial charge in [0.25, 0.3) is 0 Å². The first-order valence-electron chi connectivity index (χ1n) is 5.13. The lowest BCUT2D eigenvalue weighted by atomic mass is 9.91. The highest BCUT2D eigenvalue weighted by Crippen LogP contribution is 2.25. The molecule has 78 valence electrons. The average Bonchev–Trinajstić information content (AvgIpc) is 2.09. The number of nitrogens with zero attached hydrogens (tertiary/aromatic N) is 1. The highest BCUT2D eigenvalue weighted by atomic mass is 16.3. The Morgan fingerprint density at radius 2 is 2.29 bits per heavy atom. The van der Waals surface area contributed by atoms with Gasteiger partial charge in [0.15, 0.2) is 0 Å². The smallest absolute Gasteiger partial charge is 0.234 e. The number of amides is 1. The van der Waals surface area contributed by atoms with Crippen LogP contribution in [-0.2, 0) is 4.79 Å². The van der Waals surface area contributed by atoms with Gasteiger partial charge in [-0.05, 0) is 25.7 Å². The Bertz CT molecular complexity index is 228. The van der Waals surface area contributed by atoms with E-state index in [-0.39, 0.29) is 18.9 Å². The molecule has 14 heavy (non-hydrogen) atoms. The van der Waals surface area contributed by atoms with Crippen LogP contribution >= 0.6 is 0 Å². The molecule has 1 fully saturated rings. The molecule has 0 spiro atoms. The summed E-state index contributed by atoms with van der Waals surface area (Å²) in [5, 5.41) is 8.72. The second kappa shape index (κ2) is 5.66. The van der Waals surface area contributed by atoms with Crippen molar-refractivity contribution in [1.82, 2.24) is 4.90 Å². The van der Waals surface area contributed by atoms with Crippen LogP contribution in [0.25, 0.3) is 0 Å². The maximum absolute atomic E-state index is 11.6. The number of aliphatic hydroxyl groups is 1. The molecule has 3 heteroatoms. The Hall–Kier alpha value is -1.01. The highest BCUT2D eigenvalue weighted by Gasteiger charge is 2.27. The number of terminal acetylenes is 1. The third kappa shape index (κ3) is 2.74. The van der Waals surface area contributed by atoms with Crippen molar-refractivity contribution in [3.63, 3.8) is 0 Å². The van der Waals surface area contributed by atoms with Crippen molar-refractivity contribution >= 4 is 5.91 Å². The zero-order chi connectivity index (χ0) is 10.4. The lowest BCUT2D eigenvalue weighted by Crippen LogP contribution is -2.44. The summed E-state index contributed by atoms with van der Waals surface area (Å²) < 4.78 is 0. The molecule has 3 nitrogen and oxygen atoms in total. The van der Waals surface area contributed by atoms with Gasteiger partial charge in [-0.25, -0.2) is 0 Å². The van der Waals surface area contributed by atoms with Gasteiger partial charge in [0, 0.05) is 19.2 Å². The predicted octanol–water partition coefficient (Wildman–Crippen LogP) is 0.773. The summed E-state index contributed by atoms with van der Waals surface area (Å²) in [6.07, 6.45) is 9.30. The van der Waals surface area contributed by atoms with Gasteiger partial charge in [0.2, 0.25) is 5.91 Å². The van der Waals surface area contributed by atoms with Gasteiger partial charge in [0.05, 0.1) is 6.42 Å². The number of hydrogen-bond acceptors (Lipinski definition) is 2. The largest absolute Gasteiger partial charge is 0.396 e. The van der Waals surface area contributed by atoms with Crippen LogP contribution in [0.15, 0.2) is 0 Å². The van der Waals surface area contributed by atoms with Gasteiger partial charge in [-0.15, -0.1) is 6.42 Å².